The largest absolute Gasteiger partial charge is 0.444 e. The van der Waals surface area contributed by atoms with Gasteiger partial charge in [0, 0.05) is 26.1 Å². The molecular weight excluding hydrogens is 256 g/mol. The van der Waals surface area contributed by atoms with Crippen LogP contribution in [0, 0.1) is 5.92 Å². The first-order valence-electron chi connectivity index (χ1n) is 7.43. The van der Waals surface area contributed by atoms with Gasteiger partial charge < -0.3 is 15.0 Å². The van der Waals surface area contributed by atoms with E-state index in [9.17, 15) is 9.59 Å². The Morgan fingerprint density at radius 3 is 2.45 bits per heavy atom. The summed E-state index contributed by atoms with van der Waals surface area (Å²) in [4.78, 5) is 25.2. The number of alkyl carbamates (subject to hydrolysis) is 1. The monoisotopic (exact) mass is 284 g/mol. The number of ether oxygens (including phenoxy) is 1. The molecule has 1 rings (SSSR count). The van der Waals surface area contributed by atoms with Gasteiger partial charge in [0.1, 0.15) is 5.60 Å². The third-order valence-corrected chi connectivity index (χ3v) is 3.54. The third kappa shape index (κ3) is 6.26. The molecule has 5 heteroatoms. The first-order chi connectivity index (χ1) is 9.20. The summed E-state index contributed by atoms with van der Waals surface area (Å²) in [5, 5.41) is 2.67. The maximum Gasteiger partial charge on any atom is 0.407 e. The molecule has 0 aromatic rings. The molecule has 116 valence electrons. The van der Waals surface area contributed by atoms with Crippen LogP contribution in [-0.4, -0.2) is 42.1 Å². The summed E-state index contributed by atoms with van der Waals surface area (Å²) in [6.07, 6.45) is 3.14. The summed E-state index contributed by atoms with van der Waals surface area (Å²) in [5.41, 5.74) is -0.486. The van der Waals surface area contributed by atoms with Crippen LogP contribution in [0.4, 0.5) is 4.79 Å². The van der Waals surface area contributed by atoms with Gasteiger partial charge >= 0.3 is 6.09 Å². The highest BCUT2D eigenvalue weighted by atomic mass is 16.6. The number of carbonyl (C=O) groups is 2. The van der Waals surface area contributed by atoms with E-state index < -0.39 is 11.7 Å². The molecule has 0 heterocycles. The van der Waals surface area contributed by atoms with Crippen LogP contribution in [-0.2, 0) is 9.53 Å². The van der Waals surface area contributed by atoms with Crippen molar-refractivity contribution in [3.63, 3.8) is 0 Å². The zero-order valence-corrected chi connectivity index (χ0v) is 13.4. The molecular formula is C15H28N2O3. The lowest BCUT2D eigenvalue weighted by atomic mass is 10.1. The van der Waals surface area contributed by atoms with Gasteiger partial charge in [-0.2, -0.15) is 0 Å². The number of carbonyl (C=O) groups excluding carboxylic acids is 2. The predicted molar refractivity (Wildman–Crippen MR) is 78.4 cm³/mol. The van der Waals surface area contributed by atoms with E-state index in [1.807, 2.05) is 32.7 Å². The van der Waals surface area contributed by atoms with E-state index in [0.29, 0.717) is 31.3 Å². The van der Waals surface area contributed by atoms with Crippen LogP contribution < -0.4 is 5.32 Å². The van der Waals surface area contributed by atoms with Crippen molar-refractivity contribution in [1.29, 1.82) is 0 Å². The molecule has 1 unspecified atom stereocenters. The molecule has 0 spiro atoms. The Kier molecular flexibility index (Phi) is 5.84. The van der Waals surface area contributed by atoms with Crippen molar-refractivity contribution in [2.45, 2.75) is 65.0 Å². The van der Waals surface area contributed by atoms with Gasteiger partial charge in [-0.3, -0.25) is 4.79 Å². The second-order valence-electron chi connectivity index (χ2n) is 6.61. The molecule has 1 aliphatic rings. The predicted octanol–water partition coefficient (Wildman–Crippen LogP) is 2.55. The van der Waals surface area contributed by atoms with Crippen molar-refractivity contribution >= 4 is 12.0 Å². The van der Waals surface area contributed by atoms with Gasteiger partial charge in [0.2, 0.25) is 5.91 Å². The van der Waals surface area contributed by atoms with Crippen molar-refractivity contribution in [2.75, 3.05) is 13.6 Å². The van der Waals surface area contributed by atoms with Crippen molar-refractivity contribution in [3.05, 3.63) is 0 Å². The fourth-order valence-electron chi connectivity index (χ4n) is 2.04. The second-order valence-corrected chi connectivity index (χ2v) is 6.61. The Balaban J connectivity index is 2.14. The number of hydrogen-bond acceptors (Lipinski definition) is 3. The Hall–Kier alpha value is -1.26. The fraction of sp³-hybridized carbons (Fsp3) is 0.867. The number of hydrogen-bond donors (Lipinski definition) is 1. The number of rotatable bonds is 6. The quantitative estimate of drug-likeness (QED) is 0.763. The van der Waals surface area contributed by atoms with E-state index >= 15 is 0 Å². The van der Waals surface area contributed by atoms with Crippen LogP contribution in [0.1, 0.15) is 53.4 Å². The minimum Gasteiger partial charge on any atom is -0.444 e. The van der Waals surface area contributed by atoms with E-state index in [1.165, 1.54) is 12.8 Å². The molecule has 1 aliphatic carbocycles. The molecule has 0 bridgehead atoms. The van der Waals surface area contributed by atoms with Gasteiger partial charge in [0.05, 0.1) is 0 Å². The van der Waals surface area contributed by atoms with Gasteiger partial charge in [-0.25, -0.2) is 4.79 Å². The van der Waals surface area contributed by atoms with E-state index in [1.54, 1.807) is 0 Å². The summed E-state index contributed by atoms with van der Waals surface area (Å²) in [6, 6.07) is 0.335. The average molecular weight is 284 g/mol. The Labute approximate surface area is 122 Å². The minimum absolute atomic E-state index is 0.149. The normalized spacial score (nSPS) is 16.4. The molecule has 0 saturated heterocycles. The lowest BCUT2D eigenvalue weighted by Crippen LogP contribution is -2.37. The standard InChI is InChI=1S/C15H28N2O3/c1-11(12-8-9-12)17(5)13(18)7-6-10-16-14(19)20-15(2,3)4/h11-12H,6-10H2,1-5H3,(H,16,19). The third-order valence-electron chi connectivity index (χ3n) is 3.54. The molecule has 0 aromatic carbocycles. The van der Waals surface area contributed by atoms with Gasteiger partial charge in [0.25, 0.3) is 0 Å². The molecule has 0 aromatic heterocycles. The molecule has 1 saturated carbocycles. The summed E-state index contributed by atoms with van der Waals surface area (Å²) in [5.74, 6) is 0.833. The number of amides is 2. The lowest BCUT2D eigenvalue weighted by molar-refractivity contribution is -0.132. The minimum atomic E-state index is -0.486. The lowest BCUT2D eigenvalue weighted by Gasteiger charge is -2.25. The molecule has 0 aliphatic heterocycles. The van der Waals surface area contributed by atoms with Crippen molar-refractivity contribution < 1.29 is 14.3 Å². The highest BCUT2D eigenvalue weighted by molar-refractivity contribution is 5.76. The topological polar surface area (TPSA) is 58.6 Å². The number of nitrogens with one attached hydrogen (secondary N) is 1. The molecule has 0 radical (unpaired) electrons. The smallest absolute Gasteiger partial charge is 0.407 e. The Morgan fingerprint density at radius 1 is 1.35 bits per heavy atom. The summed E-state index contributed by atoms with van der Waals surface area (Å²) in [6.45, 7) is 8.04. The van der Waals surface area contributed by atoms with Crippen LogP contribution in [0.3, 0.4) is 0 Å². The zero-order valence-electron chi connectivity index (χ0n) is 13.4. The van der Waals surface area contributed by atoms with Gasteiger partial charge in [0.15, 0.2) is 0 Å². The molecule has 1 N–H and O–H groups in total. The van der Waals surface area contributed by atoms with E-state index in [-0.39, 0.29) is 5.91 Å². The molecule has 5 nitrogen and oxygen atoms in total. The molecule has 1 fully saturated rings. The summed E-state index contributed by atoms with van der Waals surface area (Å²) >= 11 is 0. The van der Waals surface area contributed by atoms with E-state index in [2.05, 4.69) is 12.2 Å². The highest BCUT2D eigenvalue weighted by Gasteiger charge is 2.32. The van der Waals surface area contributed by atoms with Crippen LogP contribution in [0.15, 0.2) is 0 Å². The zero-order chi connectivity index (χ0) is 15.3. The fourth-order valence-corrected chi connectivity index (χ4v) is 2.04. The van der Waals surface area contributed by atoms with Gasteiger partial charge in [-0.15, -0.1) is 0 Å². The van der Waals surface area contributed by atoms with Crippen molar-refractivity contribution in [3.8, 4) is 0 Å². The molecule has 1 atom stereocenters. The summed E-state index contributed by atoms with van der Waals surface area (Å²) < 4.78 is 5.12. The highest BCUT2D eigenvalue weighted by Crippen LogP contribution is 2.34. The second kappa shape index (κ2) is 6.95. The number of nitrogens with zero attached hydrogens (tertiary/aromatic N) is 1. The van der Waals surface area contributed by atoms with E-state index in [0.717, 1.165) is 0 Å². The van der Waals surface area contributed by atoms with Crippen molar-refractivity contribution in [1.82, 2.24) is 10.2 Å². The van der Waals surface area contributed by atoms with Crippen LogP contribution in [0.5, 0.6) is 0 Å². The first kappa shape index (κ1) is 16.8. The summed E-state index contributed by atoms with van der Waals surface area (Å²) in [7, 11) is 1.87. The average Bonchev–Trinajstić information content (AvgIpc) is 3.14. The Morgan fingerprint density at radius 2 is 1.95 bits per heavy atom. The van der Waals surface area contributed by atoms with Crippen molar-refractivity contribution in [2.24, 2.45) is 5.92 Å². The maximum atomic E-state index is 12.0. The molecule has 20 heavy (non-hydrogen) atoms. The van der Waals surface area contributed by atoms with Crippen LogP contribution in [0.25, 0.3) is 0 Å². The SMILES string of the molecule is CC(C1CC1)N(C)C(=O)CCCNC(=O)OC(C)(C)C. The maximum absolute atomic E-state index is 12.0. The van der Waals surface area contributed by atoms with Crippen LogP contribution >= 0.6 is 0 Å². The van der Waals surface area contributed by atoms with Crippen LogP contribution in [0.2, 0.25) is 0 Å². The molecule has 2 amide bonds. The van der Waals surface area contributed by atoms with E-state index in [4.69, 9.17) is 4.74 Å². The first-order valence-corrected chi connectivity index (χ1v) is 7.43. The van der Waals surface area contributed by atoms with Gasteiger partial charge in [-0.1, -0.05) is 0 Å². The van der Waals surface area contributed by atoms with Gasteiger partial charge in [-0.05, 0) is 52.9 Å². The Bertz CT molecular complexity index is 346.